The highest BCUT2D eigenvalue weighted by Gasteiger charge is 2.52. The van der Waals surface area contributed by atoms with Gasteiger partial charge >= 0.3 is 13.1 Å². The third kappa shape index (κ3) is 5.89. The lowest BCUT2D eigenvalue weighted by Crippen LogP contribution is -2.41. The number of nitrogens with zero attached hydrogens (tertiary/aromatic N) is 1. The molecule has 0 saturated carbocycles. The van der Waals surface area contributed by atoms with Gasteiger partial charge in [-0.25, -0.2) is 4.79 Å². The van der Waals surface area contributed by atoms with Crippen LogP contribution < -0.4 is 5.46 Å². The van der Waals surface area contributed by atoms with E-state index in [1.54, 1.807) is 24.3 Å². The maximum atomic E-state index is 13.6. The maximum absolute atomic E-state index is 13.6. The monoisotopic (exact) mass is 541 g/mol. The molecule has 3 aromatic carbocycles. The first-order chi connectivity index (χ1) is 19.1. The maximum Gasteiger partial charge on any atom is 0.494 e. The van der Waals surface area contributed by atoms with E-state index in [0.29, 0.717) is 17.7 Å². The van der Waals surface area contributed by atoms with Crippen LogP contribution in [0.4, 0.5) is 0 Å². The molecule has 40 heavy (non-hydrogen) atoms. The van der Waals surface area contributed by atoms with Crippen LogP contribution in [0.25, 0.3) is 0 Å². The highest BCUT2D eigenvalue weighted by molar-refractivity contribution is 6.62. The lowest BCUT2D eigenvalue weighted by atomic mass is 9.77. The van der Waals surface area contributed by atoms with Gasteiger partial charge in [-0.15, -0.1) is 0 Å². The number of likely N-dealkylation sites (tertiary alicyclic amines) is 1. The zero-order valence-corrected chi connectivity index (χ0v) is 24.0. The summed E-state index contributed by atoms with van der Waals surface area (Å²) in [7, 11) is -0.524. The first-order valence-corrected chi connectivity index (χ1v) is 14.3. The van der Waals surface area contributed by atoms with Gasteiger partial charge in [0.15, 0.2) is 0 Å². The van der Waals surface area contributed by atoms with Crippen LogP contribution in [-0.4, -0.2) is 54.0 Å². The molecule has 0 radical (unpaired) electrons. The van der Waals surface area contributed by atoms with Crippen molar-refractivity contribution in [3.8, 4) is 0 Å². The van der Waals surface area contributed by atoms with Crippen molar-refractivity contribution in [3.63, 3.8) is 0 Å². The molecule has 2 heterocycles. The van der Waals surface area contributed by atoms with Gasteiger partial charge in [0.05, 0.1) is 17.8 Å². The highest BCUT2D eigenvalue weighted by Crippen LogP contribution is 2.37. The predicted octanol–water partition coefficient (Wildman–Crippen LogP) is 4.68. The minimum atomic E-state index is -1.93. The van der Waals surface area contributed by atoms with E-state index in [9.17, 15) is 9.90 Å². The zero-order chi connectivity index (χ0) is 28.4. The summed E-state index contributed by atoms with van der Waals surface area (Å²) in [4.78, 5) is 16.0. The number of hydrogen-bond donors (Lipinski definition) is 1. The number of hydrogen-bond acceptors (Lipinski definition) is 6. The van der Waals surface area contributed by atoms with Gasteiger partial charge in [0.1, 0.15) is 0 Å². The fourth-order valence-corrected chi connectivity index (χ4v) is 5.39. The largest absolute Gasteiger partial charge is 0.494 e. The molecule has 210 valence electrons. The van der Waals surface area contributed by atoms with Crippen molar-refractivity contribution in [1.29, 1.82) is 0 Å². The molecule has 2 saturated heterocycles. The Balaban J connectivity index is 1.26. The van der Waals surface area contributed by atoms with Crippen molar-refractivity contribution < 1.29 is 23.9 Å². The smallest absolute Gasteiger partial charge is 0.463 e. The first kappa shape index (κ1) is 28.6. The Morgan fingerprint density at radius 1 is 0.875 bits per heavy atom. The van der Waals surface area contributed by atoms with Gasteiger partial charge in [-0.05, 0) is 81.7 Å². The molecule has 7 heteroatoms. The Bertz CT molecular complexity index is 1260. The summed E-state index contributed by atoms with van der Waals surface area (Å²) in [5.41, 5.74) is 0.218. The molecule has 1 atom stereocenters. The molecule has 1 unspecified atom stereocenters. The number of aliphatic hydroxyl groups is 1. The van der Waals surface area contributed by atoms with E-state index in [2.05, 4.69) is 29.2 Å². The average molecular weight is 541 g/mol. The molecule has 2 aliphatic rings. The molecular weight excluding hydrogens is 501 g/mol. The Morgan fingerprint density at radius 2 is 1.40 bits per heavy atom. The SMILES string of the molecule is CC1(C)OB(c2ccc(C(O)(C(=O)OCC3CCN(Cc4ccccc4)CC3)c3ccccc3)cc2)OC1(C)C. The summed E-state index contributed by atoms with van der Waals surface area (Å²) >= 11 is 0. The number of carbonyl (C=O) groups excluding carboxylic acids is 1. The van der Waals surface area contributed by atoms with E-state index in [0.717, 1.165) is 37.9 Å². The lowest BCUT2D eigenvalue weighted by molar-refractivity contribution is -0.164. The van der Waals surface area contributed by atoms with Gasteiger partial charge in [-0.1, -0.05) is 84.9 Å². The summed E-state index contributed by atoms with van der Waals surface area (Å²) in [5.74, 6) is -0.393. The second kappa shape index (κ2) is 11.5. The number of carbonyl (C=O) groups is 1. The molecule has 0 aromatic heterocycles. The number of ether oxygens (including phenoxy) is 1. The third-order valence-electron chi connectivity index (χ3n) is 8.75. The Hall–Kier alpha value is -2.97. The predicted molar refractivity (Wildman–Crippen MR) is 157 cm³/mol. The van der Waals surface area contributed by atoms with Crippen molar-refractivity contribution in [2.45, 2.75) is 63.9 Å². The fourth-order valence-electron chi connectivity index (χ4n) is 5.39. The van der Waals surface area contributed by atoms with E-state index >= 15 is 0 Å². The molecule has 2 fully saturated rings. The van der Waals surface area contributed by atoms with Crippen LogP contribution in [0.1, 0.15) is 57.2 Å². The van der Waals surface area contributed by atoms with Crippen molar-refractivity contribution in [1.82, 2.24) is 4.90 Å². The van der Waals surface area contributed by atoms with Gasteiger partial charge in [0, 0.05) is 6.54 Å². The van der Waals surface area contributed by atoms with Gasteiger partial charge in [-0.3, -0.25) is 4.90 Å². The third-order valence-corrected chi connectivity index (χ3v) is 8.75. The molecule has 3 aromatic rings. The van der Waals surface area contributed by atoms with E-state index in [-0.39, 0.29) is 5.92 Å². The lowest BCUT2D eigenvalue weighted by Gasteiger charge is -2.33. The van der Waals surface area contributed by atoms with Gasteiger partial charge < -0.3 is 19.2 Å². The fraction of sp³-hybridized carbons (Fsp3) is 0.424. The topological polar surface area (TPSA) is 68.2 Å². The molecule has 0 amide bonds. The van der Waals surface area contributed by atoms with E-state index in [1.165, 1.54) is 5.56 Å². The molecule has 0 aliphatic carbocycles. The number of benzene rings is 3. The van der Waals surface area contributed by atoms with Crippen molar-refractivity contribution in [2.24, 2.45) is 5.92 Å². The quantitative estimate of drug-likeness (QED) is 0.330. The van der Waals surface area contributed by atoms with Crippen LogP contribution in [0, 0.1) is 5.92 Å². The van der Waals surface area contributed by atoms with Crippen LogP contribution in [0.2, 0.25) is 0 Å². The van der Waals surface area contributed by atoms with Gasteiger partial charge in [-0.2, -0.15) is 0 Å². The number of rotatable bonds is 8. The second-order valence-electron chi connectivity index (χ2n) is 12.1. The Morgan fingerprint density at radius 3 is 1.98 bits per heavy atom. The molecular formula is C33H40BNO5. The molecule has 0 bridgehead atoms. The van der Waals surface area contributed by atoms with E-state index < -0.39 is 29.9 Å². The molecule has 6 nitrogen and oxygen atoms in total. The van der Waals surface area contributed by atoms with E-state index in [4.69, 9.17) is 14.0 Å². The summed E-state index contributed by atoms with van der Waals surface area (Å²) in [6.07, 6.45) is 1.90. The summed E-state index contributed by atoms with van der Waals surface area (Å²) in [6, 6.07) is 26.7. The number of piperidine rings is 1. The van der Waals surface area contributed by atoms with Crippen molar-refractivity contribution in [3.05, 3.63) is 102 Å². The van der Waals surface area contributed by atoms with Crippen LogP contribution in [-0.2, 0) is 31.0 Å². The second-order valence-corrected chi connectivity index (χ2v) is 12.1. The van der Waals surface area contributed by atoms with Crippen LogP contribution in [0.5, 0.6) is 0 Å². The Kier molecular flexibility index (Phi) is 8.21. The van der Waals surface area contributed by atoms with E-state index in [1.807, 2.05) is 64.1 Å². The molecule has 1 N–H and O–H groups in total. The van der Waals surface area contributed by atoms with Crippen molar-refractivity contribution in [2.75, 3.05) is 19.7 Å². The van der Waals surface area contributed by atoms with Crippen molar-refractivity contribution >= 4 is 18.6 Å². The van der Waals surface area contributed by atoms with Gasteiger partial charge in [0.2, 0.25) is 5.60 Å². The summed E-state index contributed by atoms with van der Waals surface area (Å²) in [6.45, 7) is 11.2. The highest BCUT2D eigenvalue weighted by atomic mass is 16.7. The van der Waals surface area contributed by atoms with Gasteiger partial charge in [0.25, 0.3) is 0 Å². The Labute approximate surface area is 238 Å². The minimum Gasteiger partial charge on any atom is -0.463 e. The molecule has 0 spiro atoms. The summed E-state index contributed by atoms with van der Waals surface area (Å²) in [5, 5.41) is 11.9. The minimum absolute atomic E-state index is 0.266. The number of esters is 1. The average Bonchev–Trinajstić information content (AvgIpc) is 3.19. The molecule has 2 aliphatic heterocycles. The first-order valence-electron chi connectivity index (χ1n) is 14.3. The summed E-state index contributed by atoms with van der Waals surface area (Å²) < 4.78 is 18.2. The standard InChI is InChI=1S/C33H40BNO5/c1-31(2)32(3,4)40-34(39-31)29-17-15-28(16-18-29)33(37,27-13-9-6-10-14-27)30(36)38-24-26-19-21-35(22-20-26)23-25-11-7-5-8-12-25/h5-18,26,37H,19-24H2,1-4H3. The normalized spacial score (nSPS) is 20.7. The zero-order valence-electron chi connectivity index (χ0n) is 24.0. The molecule has 5 rings (SSSR count). The van der Waals surface area contributed by atoms with Crippen LogP contribution in [0.15, 0.2) is 84.9 Å². The van der Waals surface area contributed by atoms with Crippen LogP contribution >= 0.6 is 0 Å². The van der Waals surface area contributed by atoms with Crippen LogP contribution in [0.3, 0.4) is 0 Å².